The number of nitriles is 1. The third kappa shape index (κ3) is 5.36. The number of nitrogens with zero attached hydrogens (tertiary/aromatic N) is 1. The normalized spacial score (nSPS) is 31.9. The molecule has 4 aliphatic rings. The molecule has 5 rings (SSSR count). The fourth-order valence-electron chi connectivity index (χ4n) is 6.63. The number of nitrogens with one attached hydrogen (secondary N) is 2. The Morgan fingerprint density at radius 1 is 1.07 bits per heavy atom. The van der Waals surface area contributed by atoms with Crippen LogP contribution in [-0.4, -0.2) is 60.9 Å². The molecule has 3 N–H and O–H groups in total. The number of aliphatic carboxylic acids is 1. The molecular formula is C30H39N3O7. The second-order valence-electron chi connectivity index (χ2n) is 12.5. The zero-order valence-electron chi connectivity index (χ0n) is 23.5. The van der Waals surface area contributed by atoms with Crippen LogP contribution in [0.4, 0.5) is 0 Å². The third-order valence-electron chi connectivity index (χ3n) is 9.64. The van der Waals surface area contributed by atoms with Crippen molar-refractivity contribution in [3.8, 4) is 17.6 Å². The summed E-state index contributed by atoms with van der Waals surface area (Å²) in [5.74, 6) is -1.33. The molecule has 4 atom stereocenters. The van der Waals surface area contributed by atoms with E-state index in [0.29, 0.717) is 32.2 Å². The van der Waals surface area contributed by atoms with Gasteiger partial charge in [-0.2, -0.15) is 5.26 Å². The highest BCUT2D eigenvalue weighted by molar-refractivity contribution is 5.98. The number of benzene rings is 1. The van der Waals surface area contributed by atoms with E-state index >= 15 is 0 Å². The molecular weight excluding hydrogens is 514 g/mol. The van der Waals surface area contributed by atoms with Gasteiger partial charge in [-0.05, 0) is 69.8 Å². The van der Waals surface area contributed by atoms with Gasteiger partial charge in [-0.25, -0.2) is 0 Å². The molecule has 0 aromatic heterocycles. The molecule has 2 aliphatic carbocycles. The van der Waals surface area contributed by atoms with E-state index in [1.807, 2.05) is 0 Å². The molecule has 2 heterocycles. The molecule has 10 nitrogen and oxygen atoms in total. The average molecular weight is 554 g/mol. The zero-order chi connectivity index (χ0) is 28.7. The van der Waals surface area contributed by atoms with Crippen LogP contribution in [0.15, 0.2) is 12.1 Å². The lowest BCUT2D eigenvalue weighted by atomic mass is 9.70. The van der Waals surface area contributed by atoms with Crippen LogP contribution < -0.4 is 20.1 Å². The lowest BCUT2D eigenvalue weighted by Gasteiger charge is -2.39. The predicted molar refractivity (Wildman–Crippen MR) is 144 cm³/mol. The van der Waals surface area contributed by atoms with E-state index in [0.717, 1.165) is 25.7 Å². The summed E-state index contributed by atoms with van der Waals surface area (Å²) in [6, 6.07) is 4.63. The molecule has 0 spiro atoms. The molecule has 2 amide bonds. The smallest absolute Gasteiger partial charge is 0.309 e. The van der Waals surface area contributed by atoms with E-state index in [1.165, 1.54) is 25.7 Å². The van der Waals surface area contributed by atoms with Gasteiger partial charge in [0.15, 0.2) is 0 Å². The molecule has 0 radical (unpaired) electrons. The van der Waals surface area contributed by atoms with Crippen LogP contribution in [0.25, 0.3) is 0 Å². The number of amides is 2. The van der Waals surface area contributed by atoms with Gasteiger partial charge in [-0.3, -0.25) is 14.4 Å². The van der Waals surface area contributed by atoms with E-state index < -0.39 is 29.3 Å². The maximum Gasteiger partial charge on any atom is 0.309 e. The molecule has 10 heteroatoms. The van der Waals surface area contributed by atoms with Crippen LogP contribution in [0.5, 0.6) is 11.5 Å². The summed E-state index contributed by atoms with van der Waals surface area (Å²) < 4.78 is 17.7. The number of fused-ring (bicyclic) bond motifs is 2. The Kier molecular flexibility index (Phi) is 7.71. The van der Waals surface area contributed by atoms with Crippen molar-refractivity contribution in [3.05, 3.63) is 23.3 Å². The SMILES string of the molecule is COc1cc(C#N)c(OC2CCC(C)(C(=O)O)CC2)cc1C(=O)N[C@@H]1[C@H](C(=O)NCC2(C)CCC2)[C@@H]2CC[C@H]1O2. The van der Waals surface area contributed by atoms with Crippen molar-refractivity contribution < 1.29 is 33.7 Å². The largest absolute Gasteiger partial charge is 0.496 e. The Balaban J connectivity index is 1.31. The second kappa shape index (κ2) is 10.9. The van der Waals surface area contributed by atoms with Crippen molar-refractivity contribution >= 4 is 17.8 Å². The summed E-state index contributed by atoms with van der Waals surface area (Å²) >= 11 is 0. The van der Waals surface area contributed by atoms with Crippen molar-refractivity contribution in [2.75, 3.05) is 13.7 Å². The van der Waals surface area contributed by atoms with E-state index in [4.69, 9.17) is 14.2 Å². The van der Waals surface area contributed by atoms with Crippen molar-refractivity contribution in [2.24, 2.45) is 16.7 Å². The third-order valence-corrected chi connectivity index (χ3v) is 9.64. The quantitative estimate of drug-likeness (QED) is 0.421. The first-order valence-corrected chi connectivity index (χ1v) is 14.3. The van der Waals surface area contributed by atoms with Crippen molar-refractivity contribution in [2.45, 2.75) is 96.0 Å². The zero-order valence-corrected chi connectivity index (χ0v) is 23.5. The highest BCUT2D eigenvalue weighted by Gasteiger charge is 2.53. The lowest BCUT2D eigenvalue weighted by molar-refractivity contribution is -0.150. The van der Waals surface area contributed by atoms with E-state index in [1.54, 1.807) is 6.92 Å². The van der Waals surface area contributed by atoms with Gasteiger partial charge < -0.3 is 30.0 Å². The molecule has 2 saturated heterocycles. The minimum Gasteiger partial charge on any atom is -0.496 e. The fraction of sp³-hybridized carbons (Fsp3) is 0.667. The van der Waals surface area contributed by atoms with Crippen molar-refractivity contribution in [1.29, 1.82) is 5.26 Å². The van der Waals surface area contributed by atoms with Gasteiger partial charge in [0.05, 0.1) is 53.9 Å². The van der Waals surface area contributed by atoms with Gasteiger partial charge in [-0.15, -0.1) is 0 Å². The summed E-state index contributed by atoms with van der Waals surface area (Å²) in [5, 5.41) is 25.4. The molecule has 40 heavy (non-hydrogen) atoms. The van der Waals surface area contributed by atoms with E-state index in [2.05, 4.69) is 23.6 Å². The molecule has 1 aromatic rings. The average Bonchev–Trinajstić information content (AvgIpc) is 3.53. The molecule has 0 unspecified atom stereocenters. The van der Waals surface area contributed by atoms with Crippen LogP contribution in [0.3, 0.4) is 0 Å². The van der Waals surface area contributed by atoms with Gasteiger partial charge in [0.25, 0.3) is 5.91 Å². The van der Waals surface area contributed by atoms with E-state index in [-0.39, 0.29) is 52.3 Å². The minimum atomic E-state index is -0.819. The van der Waals surface area contributed by atoms with Gasteiger partial charge in [-0.1, -0.05) is 13.3 Å². The first kappa shape index (κ1) is 28.2. The first-order chi connectivity index (χ1) is 19.1. The number of carboxylic acids is 1. The van der Waals surface area contributed by atoms with Crippen LogP contribution in [0.1, 0.15) is 87.6 Å². The number of methoxy groups -OCH3 is 1. The maximum absolute atomic E-state index is 13.6. The first-order valence-electron chi connectivity index (χ1n) is 14.3. The highest BCUT2D eigenvalue weighted by Crippen LogP contribution is 2.42. The Labute approximate surface area is 234 Å². The van der Waals surface area contributed by atoms with Gasteiger partial charge >= 0.3 is 5.97 Å². The molecule has 2 aliphatic heterocycles. The molecule has 2 bridgehead atoms. The molecule has 2 saturated carbocycles. The fourth-order valence-corrected chi connectivity index (χ4v) is 6.63. The van der Waals surface area contributed by atoms with Crippen LogP contribution >= 0.6 is 0 Å². The summed E-state index contributed by atoms with van der Waals surface area (Å²) in [4.78, 5) is 38.5. The number of carbonyl (C=O) groups is 3. The number of ether oxygens (including phenoxy) is 3. The molecule has 4 fully saturated rings. The Bertz CT molecular complexity index is 1210. The van der Waals surface area contributed by atoms with E-state index in [9.17, 15) is 24.8 Å². The number of carboxylic acid groups (broad SMARTS) is 1. The van der Waals surface area contributed by atoms with Crippen molar-refractivity contribution in [3.63, 3.8) is 0 Å². The molecule has 1 aromatic carbocycles. The number of hydrogen-bond donors (Lipinski definition) is 3. The Morgan fingerprint density at radius 2 is 1.77 bits per heavy atom. The lowest BCUT2D eigenvalue weighted by Crippen LogP contribution is -2.53. The van der Waals surface area contributed by atoms with Gasteiger partial charge in [0, 0.05) is 12.6 Å². The van der Waals surface area contributed by atoms with Crippen LogP contribution in [-0.2, 0) is 14.3 Å². The number of carbonyl (C=O) groups excluding carboxylic acids is 2. The Hall–Kier alpha value is -3.32. The number of hydrogen-bond acceptors (Lipinski definition) is 7. The van der Waals surface area contributed by atoms with Crippen LogP contribution in [0, 0.1) is 28.1 Å². The van der Waals surface area contributed by atoms with Crippen LogP contribution in [0.2, 0.25) is 0 Å². The maximum atomic E-state index is 13.6. The standard InChI is InChI=1S/C30H39N3O7/c1-29(9-4-10-29)16-32-27(35)24-20-5-6-21(40-20)25(24)33-26(34)19-14-22(17(15-31)13-23(19)38-3)39-18-7-11-30(2,12-8-18)28(36)37/h13-14,18,20-21,24-25H,4-12,16H2,1-3H3,(H,32,35)(H,33,34)(H,36,37)/t18?,20-,21+,24+,25-,30?/m0/s1. The predicted octanol–water partition coefficient (Wildman–Crippen LogP) is 3.56. The van der Waals surface area contributed by atoms with Crippen molar-refractivity contribution in [1.82, 2.24) is 10.6 Å². The van der Waals surface area contributed by atoms with Gasteiger partial charge in [0.2, 0.25) is 5.91 Å². The highest BCUT2D eigenvalue weighted by atomic mass is 16.5. The summed E-state index contributed by atoms with van der Waals surface area (Å²) in [5.41, 5.74) is -0.218. The number of rotatable bonds is 9. The minimum absolute atomic E-state index is 0.0906. The summed E-state index contributed by atoms with van der Waals surface area (Å²) in [7, 11) is 1.43. The summed E-state index contributed by atoms with van der Waals surface area (Å²) in [6.45, 7) is 4.54. The van der Waals surface area contributed by atoms with Gasteiger partial charge in [0.1, 0.15) is 17.6 Å². The monoisotopic (exact) mass is 553 g/mol. The topological polar surface area (TPSA) is 147 Å². The molecule has 216 valence electrons. The summed E-state index contributed by atoms with van der Waals surface area (Å²) in [6.07, 6.45) is 6.18. The Morgan fingerprint density at radius 3 is 2.38 bits per heavy atom. The second-order valence-corrected chi connectivity index (χ2v) is 12.5.